The smallest absolute Gasteiger partial charge is 0.0525 e. The van der Waals surface area contributed by atoms with Gasteiger partial charge in [-0.3, -0.25) is 0 Å². The molecule has 37 heavy (non-hydrogen) atoms. The van der Waals surface area contributed by atoms with Crippen molar-refractivity contribution in [2.75, 3.05) is 4.90 Å². The number of aryl methyl sites for hydroxylation is 1. The van der Waals surface area contributed by atoms with E-state index in [0.717, 1.165) is 5.02 Å². The molecular weight excluding hydrogens is 470 g/mol. The van der Waals surface area contributed by atoms with Gasteiger partial charge in [-0.1, -0.05) is 85.2 Å². The van der Waals surface area contributed by atoms with Crippen molar-refractivity contribution < 1.29 is 0 Å². The molecule has 5 rings (SSSR count). The standard InChI is InChI=1S/C35H48ClN/c1-23-18-24(36)20-27(19-23)37(25-10-12-28-30(21-25)34(6,7)16-14-32(28,2)3)26-11-13-29-31(22-26)35(8,9)17-15-33(29,4)5/h10-13,18-21,26,29,31H,14-17,22H2,1-9H3/t26-,29?,31?/m0/s1. The van der Waals surface area contributed by atoms with Crippen LogP contribution in [0.1, 0.15) is 104 Å². The fourth-order valence-corrected chi connectivity index (χ4v) is 8.06. The van der Waals surface area contributed by atoms with Gasteiger partial charge in [0.15, 0.2) is 0 Å². The molecule has 3 aliphatic carbocycles. The van der Waals surface area contributed by atoms with Crippen LogP contribution in [0.2, 0.25) is 5.02 Å². The molecule has 0 amide bonds. The average Bonchev–Trinajstić information content (AvgIpc) is 2.80. The molecule has 0 saturated heterocycles. The summed E-state index contributed by atoms with van der Waals surface area (Å²) in [7, 11) is 0. The molecule has 0 bridgehead atoms. The van der Waals surface area contributed by atoms with E-state index < -0.39 is 0 Å². The van der Waals surface area contributed by atoms with Gasteiger partial charge in [-0.15, -0.1) is 0 Å². The van der Waals surface area contributed by atoms with E-state index in [1.54, 1.807) is 0 Å². The summed E-state index contributed by atoms with van der Waals surface area (Å²) in [5.74, 6) is 1.31. The van der Waals surface area contributed by atoms with Crippen LogP contribution < -0.4 is 4.90 Å². The fourth-order valence-electron chi connectivity index (χ4n) is 7.78. The van der Waals surface area contributed by atoms with Crippen LogP contribution in [0.25, 0.3) is 0 Å². The molecule has 2 aromatic carbocycles. The summed E-state index contributed by atoms with van der Waals surface area (Å²) >= 11 is 6.67. The lowest BCUT2D eigenvalue weighted by Gasteiger charge is -2.55. The molecular formula is C35H48ClN. The molecule has 0 heterocycles. The number of rotatable bonds is 3. The third kappa shape index (κ3) is 4.80. The number of halogens is 1. The number of allylic oxidation sites excluding steroid dienone is 1. The van der Waals surface area contributed by atoms with Gasteiger partial charge >= 0.3 is 0 Å². The summed E-state index contributed by atoms with van der Waals surface area (Å²) in [6, 6.07) is 14.2. The first-order chi connectivity index (χ1) is 17.1. The van der Waals surface area contributed by atoms with E-state index >= 15 is 0 Å². The minimum atomic E-state index is 0.180. The molecule has 1 fully saturated rings. The van der Waals surface area contributed by atoms with Crippen LogP contribution in [0.3, 0.4) is 0 Å². The Labute approximate surface area is 231 Å². The molecule has 1 saturated carbocycles. The van der Waals surface area contributed by atoms with Crippen molar-refractivity contribution in [3.05, 3.63) is 70.3 Å². The summed E-state index contributed by atoms with van der Waals surface area (Å²) in [4.78, 5) is 2.60. The molecule has 0 N–H and O–H groups in total. The summed E-state index contributed by atoms with van der Waals surface area (Å²) in [6.45, 7) is 21.8. The van der Waals surface area contributed by atoms with Gasteiger partial charge in [-0.25, -0.2) is 0 Å². The van der Waals surface area contributed by atoms with E-state index in [4.69, 9.17) is 11.6 Å². The van der Waals surface area contributed by atoms with E-state index in [1.807, 2.05) is 0 Å². The van der Waals surface area contributed by atoms with Crippen LogP contribution in [0.4, 0.5) is 11.4 Å². The highest BCUT2D eigenvalue weighted by Crippen LogP contribution is 2.57. The lowest BCUT2D eigenvalue weighted by molar-refractivity contribution is -0.00430. The number of benzene rings is 2. The molecule has 2 aromatic rings. The first-order valence-electron chi connectivity index (χ1n) is 14.5. The van der Waals surface area contributed by atoms with E-state index in [-0.39, 0.29) is 10.8 Å². The molecule has 1 nitrogen and oxygen atoms in total. The van der Waals surface area contributed by atoms with Gasteiger partial charge in [0.1, 0.15) is 0 Å². The topological polar surface area (TPSA) is 3.24 Å². The van der Waals surface area contributed by atoms with Gasteiger partial charge < -0.3 is 4.90 Å². The maximum Gasteiger partial charge on any atom is 0.0525 e. The zero-order valence-electron chi connectivity index (χ0n) is 24.7. The first kappa shape index (κ1) is 26.9. The highest BCUT2D eigenvalue weighted by molar-refractivity contribution is 6.31. The summed E-state index contributed by atoms with van der Waals surface area (Å²) < 4.78 is 0. The maximum absolute atomic E-state index is 6.67. The number of fused-ring (bicyclic) bond motifs is 2. The Morgan fingerprint density at radius 2 is 1.35 bits per heavy atom. The van der Waals surface area contributed by atoms with Crippen LogP contribution in [-0.4, -0.2) is 6.04 Å². The van der Waals surface area contributed by atoms with Crippen LogP contribution in [0.15, 0.2) is 48.6 Å². The zero-order valence-corrected chi connectivity index (χ0v) is 25.5. The Balaban J connectivity index is 1.65. The average molecular weight is 518 g/mol. The Hall–Kier alpha value is -1.73. The third-order valence-corrected chi connectivity index (χ3v) is 10.8. The highest BCUT2D eigenvalue weighted by Gasteiger charge is 2.49. The van der Waals surface area contributed by atoms with Crippen molar-refractivity contribution >= 4 is 23.0 Å². The summed E-state index contributed by atoms with van der Waals surface area (Å²) in [5.41, 5.74) is 7.86. The van der Waals surface area contributed by atoms with Crippen molar-refractivity contribution in [2.24, 2.45) is 22.7 Å². The van der Waals surface area contributed by atoms with Crippen molar-refractivity contribution in [2.45, 2.75) is 111 Å². The number of anilines is 2. The lowest BCUT2D eigenvalue weighted by atomic mass is 9.52. The van der Waals surface area contributed by atoms with Crippen LogP contribution in [0.5, 0.6) is 0 Å². The second-order valence-corrected chi connectivity index (χ2v) is 15.6. The monoisotopic (exact) mass is 517 g/mol. The van der Waals surface area contributed by atoms with Crippen LogP contribution in [-0.2, 0) is 10.8 Å². The molecule has 0 spiro atoms. The van der Waals surface area contributed by atoms with Gasteiger partial charge in [0.25, 0.3) is 0 Å². The number of hydrogen-bond acceptors (Lipinski definition) is 1. The summed E-state index contributed by atoms with van der Waals surface area (Å²) in [5, 5.41) is 0.816. The molecule has 0 aliphatic heterocycles. The summed E-state index contributed by atoms with van der Waals surface area (Å²) in [6.07, 6.45) is 11.4. The normalized spacial score (nSPS) is 28.8. The second-order valence-electron chi connectivity index (χ2n) is 15.2. The predicted molar refractivity (Wildman–Crippen MR) is 161 cm³/mol. The Kier molecular flexibility index (Phi) is 6.46. The van der Waals surface area contributed by atoms with Crippen molar-refractivity contribution in [3.8, 4) is 0 Å². The molecule has 2 unspecified atom stereocenters. The third-order valence-electron chi connectivity index (χ3n) is 10.5. The first-order valence-corrected chi connectivity index (χ1v) is 14.9. The van der Waals surface area contributed by atoms with Gasteiger partial charge in [0.2, 0.25) is 0 Å². The second kappa shape index (κ2) is 8.90. The molecule has 0 aromatic heterocycles. The molecule has 3 atom stereocenters. The molecule has 2 heteroatoms. The lowest BCUT2D eigenvalue weighted by Crippen LogP contribution is -2.48. The quantitative estimate of drug-likeness (QED) is 0.366. The van der Waals surface area contributed by atoms with E-state index in [2.05, 4.69) is 116 Å². The largest absolute Gasteiger partial charge is 0.334 e. The molecule has 0 radical (unpaired) electrons. The maximum atomic E-state index is 6.67. The van der Waals surface area contributed by atoms with Crippen molar-refractivity contribution in [1.29, 1.82) is 0 Å². The van der Waals surface area contributed by atoms with Crippen molar-refractivity contribution in [1.82, 2.24) is 0 Å². The Bertz CT molecular complexity index is 1190. The molecule has 200 valence electrons. The van der Waals surface area contributed by atoms with Gasteiger partial charge in [0.05, 0.1) is 6.04 Å². The van der Waals surface area contributed by atoms with E-state index in [0.29, 0.717) is 28.7 Å². The minimum Gasteiger partial charge on any atom is -0.334 e. The predicted octanol–water partition coefficient (Wildman–Crippen LogP) is 10.5. The Morgan fingerprint density at radius 3 is 2.03 bits per heavy atom. The van der Waals surface area contributed by atoms with Crippen LogP contribution >= 0.6 is 11.6 Å². The van der Waals surface area contributed by atoms with E-state index in [9.17, 15) is 0 Å². The van der Waals surface area contributed by atoms with Crippen molar-refractivity contribution in [3.63, 3.8) is 0 Å². The number of hydrogen-bond donors (Lipinski definition) is 0. The number of nitrogens with zero attached hydrogens (tertiary/aromatic N) is 1. The van der Waals surface area contributed by atoms with Gasteiger partial charge in [0, 0.05) is 16.4 Å². The van der Waals surface area contributed by atoms with E-state index in [1.165, 1.54) is 60.2 Å². The minimum absolute atomic E-state index is 0.180. The Morgan fingerprint density at radius 1 is 0.703 bits per heavy atom. The molecule has 3 aliphatic rings. The fraction of sp³-hybridized carbons (Fsp3) is 0.600. The SMILES string of the molecule is Cc1cc(Cl)cc(N(c2ccc3c(c2)C(C)(C)CCC3(C)C)[C@H]2C=CC3C(C2)C(C)(C)CCC3(C)C)c1. The van der Waals surface area contributed by atoms with Gasteiger partial charge in [-0.05, 0) is 120 Å². The van der Waals surface area contributed by atoms with Crippen LogP contribution in [0, 0.1) is 29.6 Å². The zero-order chi connectivity index (χ0) is 27.0. The van der Waals surface area contributed by atoms with Gasteiger partial charge in [-0.2, -0.15) is 0 Å². The highest BCUT2D eigenvalue weighted by atomic mass is 35.5.